The van der Waals surface area contributed by atoms with Crippen molar-refractivity contribution in [2.45, 2.75) is 12.3 Å². The Bertz CT molecular complexity index is 345. The number of rotatable bonds is 11. The molecule has 0 spiro atoms. The van der Waals surface area contributed by atoms with Gasteiger partial charge in [-0.25, -0.2) is 4.39 Å². The maximum Gasteiger partial charge on any atom is 0.123 e. The van der Waals surface area contributed by atoms with Crippen molar-refractivity contribution < 1.29 is 18.6 Å². The molecule has 1 unspecified atom stereocenters. The molecule has 0 bridgehead atoms. The zero-order valence-electron chi connectivity index (χ0n) is 12.0. The molecular weight excluding hydrogens is 261 g/mol. The van der Waals surface area contributed by atoms with Crippen molar-refractivity contribution in [3.63, 3.8) is 0 Å². The zero-order chi connectivity index (χ0) is 14.6. The lowest BCUT2D eigenvalue weighted by Gasteiger charge is -2.15. The van der Waals surface area contributed by atoms with Gasteiger partial charge in [-0.05, 0) is 36.6 Å². The van der Waals surface area contributed by atoms with Crippen molar-refractivity contribution in [3.05, 3.63) is 35.6 Å². The van der Waals surface area contributed by atoms with Gasteiger partial charge in [-0.3, -0.25) is 0 Å². The van der Waals surface area contributed by atoms with Crippen LogP contribution in [0.3, 0.4) is 0 Å². The Morgan fingerprint density at radius 3 is 2.20 bits per heavy atom. The summed E-state index contributed by atoms with van der Waals surface area (Å²) in [6, 6.07) is 6.48. The van der Waals surface area contributed by atoms with E-state index in [0.717, 1.165) is 12.0 Å². The molecule has 0 fully saturated rings. The van der Waals surface area contributed by atoms with E-state index in [0.29, 0.717) is 39.6 Å². The molecule has 0 aliphatic carbocycles. The number of nitrogens with two attached hydrogens (primary N) is 1. The number of benzene rings is 1. The smallest absolute Gasteiger partial charge is 0.123 e. The van der Waals surface area contributed by atoms with Crippen LogP contribution in [0.15, 0.2) is 24.3 Å². The molecule has 5 heteroatoms. The zero-order valence-corrected chi connectivity index (χ0v) is 12.0. The topological polar surface area (TPSA) is 53.7 Å². The van der Waals surface area contributed by atoms with Crippen LogP contribution < -0.4 is 5.73 Å². The SMILES string of the molecule is COCCOCCOCCC(CN)c1ccc(F)cc1. The lowest BCUT2D eigenvalue weighted by atomic mass is 9.96. The van der Waals surface area contributed by atoms with Gasteiger partial charge in [0, 0.05) is 13.7 Å². The molecule has 1 aromatic carbocycles. The summed E-state index contributed by atoms with van der Waals surface area (Å²) in [6.45, 7) is 3.45. The predicted molar refractivity (Wildman–Crippen MR) is 76.3 cm³/mol. The average Bonchev–Trinajstić information content (AvgIpc) is 2.47. The fraction of sp³-hybridized carbons (Fsp3) is 0.600. The monoisotopic (exact) mass is 285 g/mol. The summed E-state index contributed by atoms with van der Waals surface area (Å²) in [7, 11) is 1.64. The second-order valence-corrected chi connectivity index (χ2v) is 4.49. The standard InChI is InChI=1S/C15H24FNO3/c1-18-8-9-20-11-10-19-7-6-14(12-17)13-2-4-15(16)5-3-13/h2-5,14H,6-12,17H2,1H3. The van der Waals surface area contributed by atoms with Gasteiger partial charge in [0.1, 0.15) is 5.82 Å². The van der Waals surface area contributed by atoms with Crippen molar-refractivity contribution in [2.75, 3.05) is 46.7 Å². The summed E-state index contributed by atoms with van der Waals surface area (Å²) in [5.74, 6) is -0.0287. The van der Waals surface area contributed by atoms with E-state index in [1.54, 1.807) is 19.2 Å². The van der Waals surface area contributed by atoms with Gasteiger partial charge in [0.05, 0.1) is 26.4 Å². The van der Waals surface area contributed by atoms with Gasteiger partial charge in [-0.2, -0.15) is 0 Å². The highest BCUT2D eigenvalue weighted by atomic mass is 19.1. The summed E-state index contributed by atoms with van der Waals surface area (Å²) in [5.41, 5.74) is 6.80. The van der Waals surface area contributed by atoms with Crippen molar-refractivity contribution >= 4 is 0 Å². The molecule has 1 rings (SSSR count). The Labute approximate surface area is 120 Å². The Hall–Kier alpha value is -1.01. The van der Waals surface area contributed by atoms with Crippen LogP contribution in [-0.2, 0) is 14.2 Å². The maximum atomic E-state index is 12.9. The number of methoxy groups -OCH3 is 1. The Kier molecular flexibility index (Phi) is 9.15. The van der Waals surface area contributed by atoms with Crippen molar-refractivity contribution in [2.24, 2.45) is 5.73 Å². The van der Waals surface area contributed by atoms with Crippen molar-refractivity contribution in [1.29, 1.82) is 0 Å². The highest BCUT2D eigenvalue weighted by molar-refractivity contribution is 5.20. The van der Waals surface area contributed by atoms with Crippen LogP contribution in [0.2, 0.25) is 0 Å². The minimum absolute atomic E-state index is 0.199. The predicted octanol–water partition coefficient (Wildman–Crippen LogP) is 1.94. The van der Waals surface area contributed by atoms with Crippen LogP contribution >= 0.6 is 0 Å². The minimum Gasteiger partial charge on any atom is -0.382 e. The van der Waals surface area contributed by atoms with Crippen LogP contribution in [0.25, 0.3) is 0 Å². The van der Waals surface area contributed by atoms with E-state index in [1.807, 2.05) is 0 Å². The van der Waals surface area contributed by atoms with E-state index in [4.69, 9.17) is 19.9 Å². The van der Waals surface area contributed by atoms with Gasteiger partial charge in [0.15, 0.2) is 0 Å². The molecule has 2 N–H and O–H groups in total. The summed E-state index contributed by atoms with van der Waals surface area (Å²) < 4.78 is 28.5. The maximum absolute atomic E-state index is 12.9. The van der Waals surface area contributed by atoms with Crippen LogP contribution in [0.1, 0.15) is 17.9 Å². The molecule has 0 aromatic heterocycles. The van der Waals surface area contributed by atoms with E-state index in [1.165, 1.54) is 12.1 Å². The van der Waals surface area contributed by atoms with Crippen LogP contribution in [-0.4, -0.2) is 46.7 Å². The molecule has 0 aliphatic heterocycles. The molecule has 1 aromatic rings. The molecular formula is C15H24FNO3. The van der Waals surface area contributed by atoms with Crippen molar-refractivity contribution in [3.8, 4) is 0 Å². The minimum atomic E-state index is -0.228. The molecule has 20 heavy (non-hydrogen) atoms. The number of halogens is 1. The fourth-order valence-corrected chi connectivity index (χ4v) is 1.85. The number of ether oxygens (including phenoxy) is 3. The summed E-state index contributed by atoms with van der Waals surface area (Å²) >= 11 is 0. The highest BCUT2D eigenvalue weighted by Gasteiger charge is 2.09. The molecule has 1 atom stereocenters. The van der Waals surface area contributed by atoms with Gasteiger partial charge >= 0.3 is 0 Å². The summed E-state index contributed by atoms with van der Waals surface area (Å²) in [5, 5.41) is 0. The lowest BCUT2D eigenvalue weighted by molar-refractivity contribution is 0.0234. The first kappa shape index (κ1) is 17.0. The fourth-order valence-electron chi connectivity index (χ4n) is 1.85. The van der Waals surface area contributed by atoms with Crippen LogP contribution in [0.5, 0.6) is 0 Å². The second kappa shape index (κ2) is 10.7. The van der Waals surface area contributed by atoms with Gasteiger partial charge in [0.25, 0.3) is 0 Å². The normalized spacial score (nSPS) is 12.6. The third kappa shape index (κ3) is 6.96. The molecule has 0 saturated heterocycles. The molecule has 0 amide bonds. The van der Waals surface area contributed by atoms with E-state index in [2.05, 4.69) is 0 Å². The lowest BCUT2D eigenvalue weighted by Crippen LogP contribution is -2.16. The van der Waals surface area contributed by atoms with Gasteiger partial charge in [0.2, 0.25) is 0 Å². The Morgan fingerprint density at radius 2 is 1.60 bits per heavy atom. The number of hydrogen-bond donors (Lipinski definition) is 1. The largest absolute Gasteiger partial charge is 0.382 e. The molecule has 0 radical (unpaired) electrons. The summed E-state index contributed by atoms with van der Waals surface area (Å²) in [4.78, 5) is 0. The Balaban J connectivity index is 2.14. The van der Waals surface area contributed by atoms with E-state index >= 15 is 0 Å². The summed E-state index contributed by atoms with van der Waals surface area (Å²) in [6.07, 6.45) is 0.820. The van der Waals surface area contributed by atoms with E-state index < -0.39 is 0 Å². The van der Waals surface area contributed by atoms with E-state index in [9.17, 15) is 4.39 Å². The molecule has 0 aliphatic rings. The quantitative estimate of drug-likeness (QED) is 0.631. The van der Waals surface area contributed by atoms with Gasteiger partial charge in [-0.15, -0.1) is 0 Å². The van der Waals surface area contributed by atoms with Crippen molar-refractivity contribution in [1.82, 2.24) is 0 Å². The first-order chi connectivity index (χ1) is 9.77. The molecule has 4 nitrogen and oxygen atoms in total. The third-order valence-corrected chi connectivity index (χ3v) is 3.04. The third-order valence-electron chi connectivity index (χ3n) is 3.04. The van der Waals surface area contributed by atoms with Gasteiger partial charge < -0.3 is 19.9 Å². The highest BCUT2D eigenvalue weighted by Crippen LogP contribution is 2.18. The van der Waals surface area contributed by atoms with Crippen LogP contribution in [0, 0.1) is 5.82 Å². The van der Waals surface area contributed by atoms with Gasteiger partial charge in [-0.1, -0.05) is 12.1 Å². The second-order valence-electron chi connectivity index (χ2n) is 4.49. The Morgan fingerprint density at radius 1 is 1.00 bits per heavy atom. The first-order valence-corrected chi connectivity index (χ1v) is 6.88. The van der Waals surface area contributed by atoms with E-state index in [-0.39, 0.29) is 11.7 Å². The molecule has 114 valence electrons. The first-order valence-electron chi connectivity index (χ1n) is 6.88. The molecule has 0 heterocycles. The average molecular weight is 285 g/mol. The molecule has 0 saturated carbocycles. The van der Waals surface area contributed by atoms with Crippen LogP contribution in [0.4, 0.5) is 4.39 Å². The number of hydrogen-bond acceptors (Lipinski definition) is 4.